The zero-order valence-electron chi connectivity index (χ0n) is 20.7. The minimum absolute atomic E-state index is 0.0950. The van der Waals surface area contributed by atoms with E-state index in [0.29, 0.717) is 18.9 Å². The fourth-order valence-electron chi connectivity index (χ4n) is 5.11. The monoisotopic (exact) mass is 465 g/mol. The minimum atomic E-state index is -0.475. The number of likely N-dealkylation sites (tertiary alicyclic amines) is 1. The van der Waals surface area contributed by atoms with Gasteiger partial charge in [0.15, 0.2) is 0 Å². The van der Waals surface area contributed by atoms with Gasteiger partial charge in [-0.15, -0.1) is 0 Å². The molecule has 4 atom stereocenters. The van der Waals surface area contributed by atoms with Crippen molar-refractivity contribution in [3.05, 3.63) is 71.8 Å². The van der Waals surface area contributed by atoms with Crippen LogP contribution in [0.5, 0.6) is 0 Å². The summed E-state index contributed by atoms with van der Waals surface area (Å²) in [6.07, 6.45) is 3.03. The first kappa shape index (κ1) is 25.9. The molecule has 0 bridgehead atoms. The van der Waals surface area contributed by atoms with Gasteiger partial charge >= 0.3 is 6.09 Å². The Morgan fingerprint density at radius 2 is 1.62 bits per heavy atom. The van der Waals surface area contributed by atoms with Gasteiger partial charge in [-0.05, 0) is 36.8 Å². The summed E-state index contributed by atoms with van der Waals surface area (Å²) in [4.78, 5) is 27.6. The Hall–Kier alpha value is -2.70. The molecule has 1 fully saturated rings. The van der Waals surface area contributed by atoms with Gasteiger partial charge in [0.2, 0.25) is 0 Å². The van der Waals surface area contributed by atoms with Gasteiger partial charge in [0, 0.05) is 18.6 Å². The van der Waals surface area contributed by atoms with Crippen molar-refractivity contribution in [1.29, 1.82) is 0 Å². The van der Waals surface area contributed by atoms with Crippen LogP contribution in [0.15, 0.2) is 60.7 Å². The normalized spacial score (nSPS) is 21.4. The van der Waals surface area contributed by atoms with E-state index in [9.17, 15) is 9.59 Å². The first-order valence-corrected chi connectivity index (χ1v) is 12.5. The maximum Gasteiger partial charge on any atom is 0.407 e. The fourth-order valence-corrected chi connectivity index (χ4v) is 5.11. The summed E-state index contributed by atoms with van der Waals surface area (Å²) >= 11 is 0. The van der Waals surface area contributed by atoms with Crippen molar-refractivity contribution in [2.24, 2.45) is 11.7 Å². The molecule has 6 nitrogen and oxygen atoms in total. The largest absolute Gasteiger partial charge is 0.445 e. The number of ketones is 1. The summed E-state index contributed by atoms with van der Waals surface area (Å²) in [6.45, 7) is 6.82. The lowest BCUT2D eigenvalue weighted by molar-refractivity contribution is -0.121. The highest BCUT2D eigenvalue weighted by molar-refractivity contribution is 5.82. The minimum Gasteiger partial charge on any atom is -0.445 e. The third kappa shape index (κ3) is 6.90. The van der Waals surface area contributed by atoms with Crippen molar-refractivity contribution >= 4 is 11.9 Å². The van der Waals surface area contributed by atoms with Gasteiger partial charge in [-0.2, -0.15) is 0 Å². The Bertz CT molecular complexity index is 902. The molecule has 2 aromatic carbocycles. The van der Waals surface area contributed by atoms with Crippen molar-refractivity contribution in [2.75, 3.05) is 0 Å². The SMILES string of the molecule is CCC(CC)CC(N)[C@H]1[C@H](NC(=O)OCc2ccccc2)C[C@H](C(C)=O)N1Cc1ccccc1. The molecule has 6 heteroatoms. The summed E-state index contributed by atoms with van der Waals surface area (Å²) in [5.74, 6) is 0.605. The first-order chi connectivity index (χ1) is 16.4. The molecule has 0 aromatic heterocycles. The number of carbonyl (C=O) groups is 2. The Morgan fingerprint density at radius 3 is 2.18 bits per heavy atom. The number of nitrogens with zero attached hydrogens (tertiary/aromatic N) is 1. The number of alkyl carbamates (subject to hydrolysis) is 1. The highest BCUT2D eigenvalue weighted by Gasteiger charge is 2.46. The van der Waals surface area contributed by atoms with E-state index in [4.69, 9.17) is 10.5 Å². The lowest BCUT2D eigenvalue weighted by Crippen LogP contribution is -2.55. The number of nitrogens with two attached hydrogens (primary N) is 1. The van der Waals surface area contributed by atoms with E-state index in [1.165, 1.54) is 0 Å². The molecule has 0 spiro atoms. The molecule has 1 amide bonds. The van der Waals surface area contributed by atoms with Crippen molar-refractivity contribution in [2.45, 2.75) is 83.8 Å². The smallest absolute Gasteiger partial charge is 0.407 e. The van der Waals surface area contributed by atoms with Crippen LogP contribution in [0.3, 0.4) is 0 Å². The fraction of sp³-hybridized carbons (Fsp3) is 0.500. The first-order valence-electron chi connectivity index (χ1n) is 12.5. The predicted octanol–water partition coefficient (Wildman–Crippen LogP) is 4.67. The molecule has 3 N–H and O–H groups in total. The summed E-state index contributed by atoms with van der Waals surface area (Å²) in [6, 6.07) is 18.8. The predicted molar refractivity (Wildman–Crippen MR) is 135 cm³/mol. The topological polar surface area (TPSA) is 84.7 Å². The second kappa shape index (κ2) is 12.7. The summed E-state index contributed by atoms with van der Waals surface area (Å²) in [5.41, 5.74) is 8.88. The number of carbonyl (C=O) groups excluding carboxylic acids is 2. The number of benzene rings is 2. The van der Waals surface area contributed by atoms with E-state index in [1.807, 2.05) is 48.5 Å². The van der Waals surface area contributed by atoms with Crippen LogP contribution >= 0.6 is 0 Å². The zero-order valence-corrected chi connectivity index (χ0v) is 20.7. The van der Waals surface area contributed by atoms with E-state index < -0.39 is 6.09 Å². The van der Waals surface area contributed by atoms with Crippen LogP contribution in [0.4, 0.5) is 4.79 Å². The molecule has 0 aliphatic carbocycles. The molecule has 184 valence electrons. The Kier molecular flexibility index (Phi) is 9.66. The maximum absolute atomic E-state index is 12.7. The van der Waals surface area contributed by atoms with Crippen molar-refractivity contribution in [3.8, 4) is 0 Å². The highest BCUT2D eigenvalue weighted by Crippen LogP contribution is 2.32. The molecule has 0 saturated carbocycles. The van der Waals surface area contributed by atoms with Crippen molar-refractivity contribution in [3.63, 3.8) is 0 Å². The highest BCUT2D eigenvalue weighted by atomic mass is 16.5. The number of amides is 1. The molecule has 1 unspecified atom stereocenters. The summed E-state index contributed by atoms with van der Waals surface area (Å²) in [5, 5.41) is 3.05. The lowest BCUT2D eigenvalue weighted by Gasteiger charge is -2.36. The summed E-state index contributed by atoms with van der Waals surface area (Å²) in [7, 11) is 0. The molecule has 34 heavy (non-hydrogen) atoms. The Balaban J connectivity index is 1.79. The molecule has 1 heterocycles. The van der Waals surface area contributed by atoms with Gasteiger partial charge in [0.25, 0.3) is 0 Å². The van der Waals surface area contributed by atoms with E-state index >= 15 is 0 Å². The maximum atomic E-state index is 12.7. The summed E-state index contributed by atoms with van der Waals surface area (Å²) < 4.78 is 5.50. The van der Waals surface area contributed by atoms with Gasteiger partial charge in [-0.25, -0.2) is 4.79 Å². The average molecular weight is 466 g/mol. The molecule has 0 radical (unpaired) electrons. The van der Waals surface area contributed by atoms with E-state index in [-0.39, 0.29) is 36.6 Å². The van der Waals surface area contributed by atoms with Gasteiger partial charge in [-0.1, -0.05) is 87.4 Å². The molecule has 1 aliphatic heterocycles. The molecular weight excluding hydrogens is 426 g/mol. The number of nitrogens with one attached hydrogen (secondary N) is 1. The molecule has 1 aliphatic rings. The molecule has 1 saturated heterocycles. The van der Waals surface area contributed by atoms with Gasteiger partial charge in [0.05, 0.1) is 12.1 Å². The van der Waals surface area contributed by atoms with Crippen LogP contribution in [0.25, 0.3) is 0 Å². The average Bonchev–Trinajstić information content (AvgIpc) is 3.20. The van der Waals surface area contributed by atoms with Crippen molar-refractivity contribution in [1.82, 2.24) is 10.2 Å². The number of hydrogen-bond donors (Lipinski definition) is 2. The quantitative estimate of drug-likeness (QED) is 0.504. The third-order valence-corrected chi connectivity index (χ3v) is 7.06. The van der Waals surface area contributed by atoms with E-state index in [1.54, 1.807) is 6.92 Å². The van der Waals surface area contributed by atoms with Crippen LogP contribution in [0.1, 0.15) is 57.6 Å². The number of ether oxygens (including phenoxy) is 1. The number of Topliss-reactive ketones (excluding diaryl/α,β-unsaturated/α-hetero) is 1. The Morgan fingerprint density at radius 1 is 1.03 bits per heavy atom. The Labute approximate surface area is 203 Å². The second-order valence-corrected chi connectivity index (χ2v) is 9.41. The molecule has 2 aromatic rings. The lowest BCUT2D eigenvalue weighted by atomic mass is 9.89. The second-order valence-electron chi connectivity index (χ2n) is 9.41. The van der Waals surface area contributed by atoms with E-state index in [0.717, 1.165) is 30.4 Å². The molecule has 3 rings (SSSR count). The number of hydrogen-bond acceptors (Lipinski definition) is 5. The third-order valence-electron chi connectivity index (χ3n) is 7.06. The van der Waals surface area contributed by atoms with Crippen LogP contribution in [-0.4, -0.2) is 40.9 Å². The van der Waals surface area contributed by atoms with Crippen LogP contribution in [-0.2, 0) is 22.7 Å². The van der Waals surface area contributed by atoms with Crippen molar-refractivity contribution < 1.29 is 14.3 Å². The van der Waals surface area contributed by atoms with Gasteiger partial charge in [-0.3, -0.25) is 9.69 Å². The number of rotatable bonds is 11. The van der Waals surface area contributed by atoms with Gasteiger partial charge < -0.3 is 15.8 Å². The van der Waals surface area contributed by atoms with Crippen LogP contribution in [0, 0.1) is 5.92 Å². The van der Waals surface area contributed by atoms with Crippen LogP contribution < -0.4 is 11.1 Å². The van der Waals surface area contributed by atoms with Crippen LogP contribution in [0.2, 0.25) is 0 Å². The standard InChI is InChI=1S/C28H39N3O3/c1-4-21(5-2)16-24(29)27-25(30-28(33)34-19-23-14-10-7-11-15-23)17-26(20(3)32)31(27)18-22-12-8-6-9-13-22/h6-15,21,24-27H,4-5,16-19,29H2,1-3H3,(H,30,33)/t24?,25-,26-,27+/m1/s1. The van der Waals surface area contributed by atoms with Gasteiger partial charge in [0.1, 0.15) is 12.4 Å². The van der Waals surface area contributed by atoms with E-state index in [2.05, 4.69) is 36.2 Å². The molecular formula is C28H39N3O3. The zero-order chi connectivity index (χ0) is 24.5.